The number of carbonyl (C=O) groups excluding carboxylic acids is 1. The van der Waals surface area contributed by atoms with Gasteiger partial charge in [0, 0.05) is 12.5 Å². The first-order valence-electron chi connectivity index (χ1n) is 5.09. The number of nitrogens with one attached hydrogen (secondary N) is 2. The minimum atomic E-state index is -0.487. The Morgan fingerprint density at radius 3 is 2.76 bits per heavy atom. The Labute approximate surface area is 104 Å². The van der Waals surface area contributed by atoms with Gasteiger partial charge in [-0.05, 0) is 19.1 Å². The molecule has 1 aromatic carbocycles. The van der Waals surface area contributed by atoms with Crippen LogP contribution < -0.4 is 16.4 Å². The second-order valence-electron chi connectivity index (χ2n) is 3.65. The van der Waals surface area contributed by atoms with Gasteiger partial charge >= 0.3 is 6.03 Å². The number of rotatable bonds is 4. The van der Waals surface area contributed by atoms with Gasteiger partial charge in [0.05, 0.1) is 10.7 Å². The predicted octanol–water partition coefficient (Wildman–Crippen LogP) is 2.01. The molecule has 0 saturated heterocycles. The van der Waals surface area contributed by atoms with Gasteiger partial charge in [0.25, 0.3) is 0 Å². The molecule has 0 aliphatic heterocycles. The van der Waals surface area contributed by atoms with Gasteiger partial charge in [0.2, 0.25) is 0 Å². The summed E-state index contributed by atoms with van der Waals surface area (Å²) in [4.78, 5) is 11.8. The maximum absolute atomic E-state index is 13.2. The summed E-state index contributed by atoms with van der Waals surface area (Å²) in [6.45, 7) is 1.76. The van der Waals surface area contributed by atoms with E-state index in [4.69, 9.17) is 18.0 Å². The summed E-state index contributed by atoms with van der Waals surface area (Å²) >= 11 is 4.72. The van der Waals surface area contributed by atoms with E-state index in [9.17, 15) is 9.18 Å². The lowest BCUT2D eigenvalue weighted by molar-refractivity contribution is 0.249. The van der Waals surface area contributed by atoms with Crippen LogP contribution in [0, 0.1) is 5.82 Å². The quantitative estimate of drug-likeness (QED) is 0.721. The fourth-order valence-corrected chi connectivity index (χ4v) is 1.55. The highest BCUT2D eigenvalue weighted by Crippen LogP contribution is 2.11. The SMILES string of the molecule is CC(CC(N)=S)NC(=O)Nc1ccccc1F. The average Bonchev–Trinajstić information content (AvgIpc) is 2.19. The average molecular weight is 255 g/mol. The number of para-hydroxylation sites is 1. The standard InChI is InChI=1S/C11H14FN3OS/c1-7(6-10(13)17)14-11(16)15-9-5-3-2-4-8(9)12/h2-5,7H,6H2,1H3,(H2,13,17)(H2,14,15,16). The van der Waals surface area contributed by atoms with Crippen LogP contribution >= 0.6 is 12.2 Å². The third-order valence-corrected chi connectivity index (χ3v) is 2.17. The van der Waals surface area contributed by atoms with Crippen LogP contribution in [0.3, 0.4) is 0 Å². The maximum atomic E-state index is 13.2. The molecule has 92 valence electrons. The fraction of sp³-hybridized carbons (Fsp3) is 0.273. The van der Waals surface area contributed by atoms with Crippen LogP contribution in [0.4, 0.5) is 14.9 Å². The lowest BCUT2D eigenvalue weighted by Crippen LogP contribution is -2.38. The van der Waals surface area contributed by atoms with Crippen molar-refractivity contribution in [2.75, 3.05) is 5.32 Å². The Kier molecular flexibility index (Phi) is 4.84. The van der Waals surface area contributed by atoms with E-state index in [-0.39, 0.29) is 11.7 Å². The number of benzene rings is 1. The van der Waals surface area contributed by atoms with E-state index < -0.39 is 11.8 Å². The molecule has 4 nitrogen and oxygen atoms in total. The molecule has 0 aromatic heterocycles. The van der Waals surface area contributed by atoms with Gasteiger partial charge in [0.15, 0.2) is 0 Å². The predicted molar refractivity (Wildman–Crippen MR) is 69.4 cm³/mol. The van der Waals surface area contributed by atoms with Crippen molar-refractivity contribution in [1.29, 1.82) is 0 Å². The number of anilines is 1. The van der Waals surface area contributed by atoms with Crippen molar-refractivity contribution in [3.05, 3.63) is 30.1 Å². The van der Waals surface area contributed by atoms with Crippen molar-refractivity contribution < 1.29 is 9.18 Å². The molecule has 1 aromatic rings. The Morgan fingerprint density at radius 1 is 1.53 bits per heavy atom. The van der Waals surface area contributed by atoms with Crippen molar-refractivity contribution >= 4 is 28.9 Å². The Hall–Kier alpha value is -1.69. The Morgan fingerprint density at radius 2 is 2.18 bits per heavy atom. The molecule has 0 aliphatic carbocycles. The summed E-state index contributed by atoms with van der Waals surface area (Å²) in [6.07, 6.45) is 0.403. The van der Waals surface area contributed by atoms with E-state index in [1.54, 1.807) is 19.1 Å². The van der Waals surface area contributed by atoms with Crippen molar-refractivity contribution in [1.82, 2.24) is 5.32 Å². The molecule has 1 unspecified atom stereocenters. The van der Waals surface area contributed by atoms with Gasteiger partial charge in [-0.3, -0.25) is 0 Å². The van der Waals surface area contributed by atoms with Crippen LogP contribution in [0.25, 0.3) is 0 Å². The monoisotopic (exact) mass is 255 g/mol. The van der Waals surface area contributed by atoms with Crippen LogP contribution in [-0.2, 0) is 0 Å². The summed E-state index contributed by atoms with van der Waals surface area (Å²) < 4.78 is 13.2. The van der Waals surface area contributed by atoms with Gasteiger partial charge in [-0.1, -0.05) is 24.4 Å². The van der Waals surface area contributed by atoms with E-state index >= 15 is 0 Å². The summed E-state index contributed by atoms with van der Waals surface area (Å²) in [5.41, 5.74) is 5.48. The van der Waals surface area contributed by atoms with Crippen LogP contribution in [0.1, 0.15) is 13.3 Å². The molecular formula is C11H14FN3OS. The second kappa shape index (κ2) is 6.15. The molecule has 0 aliphatic rings. The van der Waals surface area contributed by atoms with Crippen molar-refractivity contribution in [2.45, 2.75) is 19.4 Å². The minimum Gasteiger partial charge on any atom is -0.393 e. The highest BCUT2D eigenvalue weighted by Gasteiger charge is 2.09. The largest absolute Gasteiger partial charge is 0.393 e. The first-order valence-corrected chi connectivity index (χ1v) is 5.50. The highest BCUT2D eigenvalue weighted by atomic mass is 32.1. The molecular weight excluding hydrogens is 241 g/mol. The van der Waals surface area contributed by atoms with Crippen LogP contribution in [0.2, 0.25) is 0 Å². The number of amides is 2. The third kappa shape index (κ3) is 4.78. The zero-order valence-corrected chi connectivity index (χ0v) is 10.2. The molecule has 0 saturated carbocycles. The van der Waals surface area contributed by atoms with Crippen molar-refractivity contribution in [2.24, 2.45) is 5.73 Å². The van der Waals surface area contributed by atoms with E-state index in [1.165, 1.54) is 12.1 Å². The molecule has 0 spiro atoms. The number of hydrogen-bond donors (Lipinski definition) is 3. The van der Waals surface area contributed by atoms with E-state index in [0.29, 0.717) is 11.4 Å². The van der Waals surface area contributed by atoms with Crippen molar-refractivity contribution in [3.63, 3.8) is 0 Å². The van der Waals surface area contributed by atoms with E-state index in [1.807, 2.05) is 0 Å². The molecule has 0 bridgehead atoms. The zero-order chi connectivity index (χ0) is 12.8. The van der Waals surface area contributed by atoms with Crippen LogP contribution in [0.15, 0.2) is 24.3 Å². The van der Waals surface area contributed by atoms with E-state index in [2.05, 4.69) is 10.6 Å². The second-order valence-corrected chi connectivity index (χ2v) is 4.17. The van der Waals surface area contributed by atoms with Gasteiger partial charge < -0.3 is 16.4 Å². The molecule has 0 heterocycles. The molecule has 17 heavy (non-hydrogen) atoms. The molecule has 0 radical (unpaired) electrons. The summed E-state index contributed by atoms with van der Waals surface area (Å²) in [5, 5.41) is 5.01. The number of nitrogens with two attached hydrogens (primary N) is 1. The molecule has 6 heteroatoms. The lowest BCUT2D eigenvalue weighted by atomic mass is 10.2. The van der Waals surface area contributed by atoms with Crippen LogP contribution in [0.5, 0.6) is 0 Å². The van der Waals surface area contributed by atoms with Crippen molar-refractivity contribution in [3.8, 4) is 0 Å². The number of carbonyl (C=O) groups is 1. The van der Waals surface area contributed by atoms with Gasteiger partial charge in [-0.2, -0.15) is 0 Å². The summed E-state index contributed by atoms with van der Waals surface area (Å²) in [7, 11) is 0. The lowest BCUT2D eigenvalue weighted by Gasteiger charge is -2.14. The Balaban J connectivity index is 2.50. The fourth-order valence-electron chi connectivity index (χ4n) is 1.30. The van der Waals surface area contributed by atoms with Crippen LogP contribution in [-0.4, -0.2) is 17.1 Å². The first-order chi connectivity index (χ1) is 7.99. The molecule has 4 N–H and O–H groups in total. The van der Waals surface area contributed by atoms with Gasteiger partial charge in [0.1, 0.15) is 5.82 Å². The number of halogens is 1. The van der Waals surface area contributed by atoms with Gasteiger partial charge in [-0.15, -0.1) is 0 Å². The summed E-state index contributed by atoms with van der Waals surface area (Å²) in [6, 6.07) is 5.25. The zero-order valence-electron chi connectivity index (χ0n) is 9.37. The molecule has 2 amide bonds. The summed E-state index contributed by atoms with van der Waals surface area (Å²) in [5.74, 6) is -0.482. The number of urea groups is 1. The minimum absolute atomic E-state index is 0.132. The molecule has 1 rings (SSSR count). The smallest absolute Gasteiger partial charge is 0.319 e. The first kappa shape index (κ1) is 13.4. The highest BCUT2D eigenvalue weighted by molar-refractivity contribution is 7.80. The third-order valence-electron chi connectivity index (χ3n) is 2.01. The van der Waals surface area contributed by atoms with Gasteiger partial charge in [-0.25, -0.2) is 9.18 Å². The van der Waals surface area contributed by atoms with E-state index in [0.717, 1.165) is 0 Å². The normalized spacial score (nSPS) is 11.6. The maximum Gasteiger partial charge on any atom is 0.319 e. The number of hydrogen-bond acceptors (Lipinski definition) is 2. The molecule has 1 atom stereocenters. The molecule has 0 fully saturated rings. The Bertz CT molecular complexity index is 425. The topological polar surface area (TPSA) is 67.1 Å². The number of thiocarbonyl (C=S) groups is 1.